The van der Waals surface area contributed by atoms with Crippen LogP contribution in [0.5, 0.6) is 5.88 Å². The quantitative estimate of drug-likeness (QED) is 0.544. The van der Waals surface area contributed by atoms with Crippen molar-refractivity contribution < 1.29 is 14.3 Å². The van der Waals surface area contributed by atoms with Crippen LogP contribution in [0.25, 0.3) is 0 Å². The Balaban J connectivity index is 1.40. The molecule has 1 aromatic carbocycles. The van der Waals surface area contributed by atoms with Gasteiger partial charge in [-0.2, -0.15) is 5.10 Å². The molecule has 0 fully saturated rings. The first-order chi connectivity index (χ1) is 16.4. The van der Waals surface area contributed by atoms with E-state index in [4.69, 9.17) is 33.0 Å². The Morgan fingerprint density at radius 3 is 2.71 bits per heavy atom. The summed E-state index contributed by atoms with van der Waals surface area (Å²) in [6.07, 6.45) is 2.30. The maximum atomic E-state index is 13.5. The molecule has 3 aromatic rings. The van der Waals surface area contributed by atoms with Crippen molar-refractivity contribution in [2.24, 2.45) is 0 Å². The van der Waals surface area contributed by atoms with E-state index in [1.54, 1.807) is 52.1 Å². The van der Waals surface area contributed by atoms with E-state index in [1.165, 1.54) is 0 Å². The summed E-state index contributed by atoms with van der Waals surface area (Å²) >= 11 is 12.1. The van der Waals surface area contributed by atoms with Crippen LogP contribution < -0.4 is 4.74 Å². The molecule has 34 heavy (non-hydrogen) atoms. The van der Waals surface area contributed by atoms with Gasteiger partial charge in [0.15, 0.2) is 0 Å². The molecule has 5 rings (SSSR count). The van der Waals surface area contributed by atoms with Gasteiger partial charge in [-0.3, -0.25) is 14.3 Å². The lowest BCUT2D eigenvalue weighted by Crippen LogP contribution is -2.44. The zero-order valence-electron chi connectivity index (χ0n) is 18.8. The fourth-order valence-electron chi connectivity index (χ4n) is 4.53. The second kappa shape index (κ2) is 8.92. The Morgan fingerprint density at radius 1 is 1.18 bits per heavy atom. The first-order valence-corrected chi connectivity index (χ1v) is 11.7. The number of benzene rings is 1. The zero-order valence-corrected chi connectivity index (χ0v) is 20.3. The molecular weight excluding hydrogens is 477 g/mol. The molecule has 0 saturated carbocycles. The van der Waals surface area contributed by atoms with Crippen molar-refractivity contribution in [2.45, 2.75) is 39.0 Å². The van der Waals surface area contributed by atoms with Crippen LogP contribution in [0.2, 0.25) is 10.0 Å². The Hall–Kier alpha value is -3.10. The van der Waals surface area contributed by atoms with E-state index < -0.39 is 0 Å². The van der Waals surface area contributed by atoms with Gasteiger partial charge in [0.05, 0.1) is 35.9 Å². The fourth-order valence-corrected chi connectivity index (χ4v) is 4.82. The number of hydrogen-bond acceptors (Lipinski definition) is 5. The van der Waals surface area contributed by atoms with Crippen LogP contribution in [0.15, 0.2) is 36.5 Å². The molecule has 176 valence electrons. The Morgan fingerprint density at radius 2 is 2.00 bits per heavy atom. The monoisotopic (exact) mass is 499 g/mol. The first-order valence-electron chi connectivity index (χ1n) is 11.0. The number of ether oxygens (including phenoxy) is 1. The highest BCUT2D eigenvalue weighted by molar-refractivity contribution is 6.42. The largest absolute Gasteiger partial charge is 0.481 e. The number of carbonyl (C=O) groups is 2. The first kappa shape index (κ1) is 22.7. The van der Waals surface area contributed by atoms with Crippen LogP contribution >= 0.6 is 23.2 Å². The van der Waals surface area contributed by atoms with Crippen molar-refractivity contribution in [3.8, 4) is 5.88 Å². The van der Waals surface area contributed by atoms with Gasteiger partial charge in [-0.15, -0.1) is 0 Å². The molecule has 2 amide bonds. The number of rotatable bonds is 4. The van der Waals surface area contributed by atoms with E-state index in [2.05, 4.69) is 4.98 Å². The molecule has 0 saturated heterocycles. The smallest absolute Gasteiger partial charge is 0.272 e. The predicted octanol–water partition coefficient (Wildman–Crippen LogP) is 3.84. The molecule has 0 bridgehead atoms. The number of amides is 2. The SMILES string of the molecule is COc1ccc(CN2CCn3nc4c(c3C2=O)CN(C(=O)c2ccc(Cl)c(Cl)c2)[C@H](C)C4)cn1. The summed E-state index contributed by atoms with van der Waals surface area (Å²) in [4.78, 5) is 34.6. The molecule has 0 aliphatic carbocycles. The molecule has 8 nitrogen and oxygen atoms in total. The highest BCUT2D eigenvalue weighted by Crippen LogP contribution is 2.31. The lowest BCUT2D eigenvalue weighted by atomic mass is 9.97. The molecule has 10 heteroatoms. The van der Waals surface area contributed by atoms with E-state index in [0.717, 1.165) is 16.8 Å². The van der Waals surface area contributed by atoms with E-state index in [9.17, 15) is 9.59 Å². The minimum absolute atomic E-state index is 0.0667. The summed E-state index contributed by atoms with van der Waals surface area (Å²) in [6.45, 7) is 3.90. The average Bonchev–Trinajstić information content (AvgIpc) is 3.20. The third-order valence-electron chi connectivity index (χ3n) is 6.36. The lowest BCUT2D eigenvalue weighted by Gasteiger charge is -2.34. The van der Waals surface area contributed by atoms with Crippen LogP contribution in [-0.2, 0) is 26.1 Å². The van der Waals surface area contributed by atoms with Crippen molar-refractivity contribution in [1.29, 1.82) is 0 Å². The standard InChI is InChI=1S/C24H23Cl2N5O3/c1-14-9-20-17(13-30(14)23(32)16-4-5-18(25)19(26)10-16)22-24(33)29(7-8-31(22)28-20)12-15-3-6-21(34-2)27-11-15/h3-6,10-11,14H,7-9,12-13H2,1-2H3/t14-/m1/s1. The molecule has 1 atom stereocenters. The van der Waals surface area contributed by atoms with Gasteiger partial charge < -0.3 is 14.5 Å². The number of aromatic nitrogens is 3. The van der Waals surface area contributed by atoms with Crippen LogP contribution in [0, 0.1) is 0 Å². The highest BCUT2D eigenvalue weighted by Gasteiger charge is 2.37. The van der Waals surface area contributed by atoms with E-state index in [-0.39, 0.29) is 17.9 Å². The van der Waals surface area contributed by atoms with Crippen LogP contribution in [0.4, 0.5) is 0 Å². The summed E-state index contributed by atoms with van der Waals surface area (Å²) in [5, 5.41) is 5.44. The van der Waals surface area contributed by atoms with E-state index in [1.807, 2.05) is 13.0 Å². The third kappa shape index (κ3) is 4.01. The number of hydrogen-bond donors (Lipinski definition) is 0. The van der Waals surface area contributed by atoms with Crippen molar-refractivity contribution in [1.82, 2.24) is 24.6 Å². The minimum Gasteiger partial charge on any atom is -0.481 e. The predicted molar refractivity (Wildman–Crippen MR) is 127 cm³/mol. The summed E-state index contributed by atoms with van der Waals surface area (Å²) in [5.74, 6) is 0.287. The van der Waals surface area contributed by atoms with Crippen molar-refractivity contribution in [2.75, 3.05) is 13.7 Å². The zero-order chi connectivity index (χ0) is 24.0. The molecule has 0 unspecified atom stereocenters. The second-order valence-electron chi connectivity index (χ2n) is 8.55. The Bertz CT molecular complexity index is 1270. The summed E-state index contributed by atoms with van der Waals surface area (Å²) < 4.78 is 6.90. The van der Waals surface area contributed by atoms with Gasteiger partial charge in [0, 0.05) is 48.9 Å². The van der Waals surface area contributed by atoms with Gasteiger partial charge in [-0.25, -0.2) is 4.98 Å². The summed E-state index contributed by atoms with van der Waals surface area (Å²) in [6, 6.07) is 8.49. The molecule has 0 spiro atoms. The Labute approximate surface area is 207 Å². The second-order valence-corrected chi connectivity index (χ2v) is 9.36. The van der Waals surface area contributed by atoms with Gasteiger partial charge in [-0.1, -0.05) is 29.3 Å². The topological polar surface area (TPSA) is 80.6 Å². The average molecular weight is 500 g/mol. The van der Waals surface area contributed by atoms with Crippen LogP contribution in [0.1, 0.15) is 44.6 Å². The maximum Gasteiger partial charge on any atom is 0.272 e. The lowest BCUT2D eigenvalue weighted by molar-refractivity contribution is 0.0637. The number of methoxy groups -OCH3 is 1. The van der Waals surface area contributed by atoms with Crippen molar-refractivity contribution >= 4 is 35.0 Å². The van der Waals surface area contributed by atoms with Crippen LogP contribution in [0.3, 0.4) is 0 Å². The third-order valence-corrected chi connectivity index (χ3v) is 7.10. The minimum atomic E-state index is -0.152. The fraction of sp³-hybridized carbons (Fsp3) is 0.333. The van der Waals surface area contributed by atoms with Gasteiger partial charge >= 0.3 is 0 Å². The van der Waals surface area contributed by atoms with E-state index in [0.29, 0.717) is 59.8 Å². The molecule has 2 aliphatic rings. The maximum absolute atomic E-state index is 13.5. The summed E-state index contributed by atoms with van der Waals surface area (Å²) in [7, 11) is 1.57. The molecule has 0 radical (unpaired) electrons. The van der Waals surface area contributed by atoms with Gasteiger partial charge in [0.1, 0.15) is 5.69 Å². The van der Waals surface area contributed by atoms with Gasteiger partial charge in [0.25, 0.3) is 11.8 Å². The number of halogens is 2. The molecule has 2 aliphatic heterocycles. The Kier molecular flexibility index (Phi) is 5.95. The van der Waals surface area contributed by atoms with Crippen molar-refractivity contribution in [3.63, 3.8) is 0 Å². The van der Waals surface area contributed by atoms with Gasteiger partial charge in [-0.05, 0) is 30.7 Å². The molecular formula is C24H23Cl2N5O3. The normalized spacial score (nSPS) is 17.4. The summed E-state index contributed by atoms with van der Waals surface area (Å²) in [5.41, 5.74) is 3.63. The van der Waals surface area contributed by atoms with Gasteiger partial charge in [0.2, 0.25) is 5.88 Å². The van der Waals surface area contributed by atoms with E-state index >= 15 is 0 Å². The number of fused-ring (bicyclic) bond motifs is 3. The number of pyridine rings is 1. The van der Waals surface area contributed by atoms with Crippen LogP contribution in [-0.4, -0.2) is 56.1 Å². The number of nitrogens with zero attached hydrogens (tertiary/aromatic N) is 5. The molecule has 2 aromatic heterocycles. The van der Waals surface area contributed by atoms with Crippen molar-refractivity contribution in [3.05, 3.63) is 74.7 Å². The highest BCUT2D eigenvalue weighted by atomic mass is 35.5. The molecule has 4 heterocycles. The number of carbonyl (C=O) groups excluding carboxylic acids is 2. The molecule has 0 N–H and O–H groups in total.